The number of amides is 1. The van der Waals surface area contributed by atoms with E-state index in [0.29, 0.717) is 6.42 Å². The molecule has 0 fully saturated rings. The highest BCUT2D eigenvalue weighted by molar-refractivity contribution is 5.81. The predicted molar refractivity (Wildman–Crippen MR) is 56.5 cm³/mol. The largest absolute Gasteiger partial charge is 0.339 e. The Morgan fingerprint density at radius 3 is 2.29 bits per heavy atom. The second-order valence-electron chi connectivity index (χ2n) is 3.72. The summed E-state index contributed by atoms with van der Waals surface area (Å²) in [5.74, 6) is -0.490. The lowest BCUT2D eigenvalue weighted by Crippen LogP contribution is -2.40. The molecule has 0 aromatic carbocycles. The maximum absolute atomic E-state index is 11.8. The van der Waals surface area contributed by atoms with Crippen molar-refractivity contribution in [1.29, 1.82) is 5.26 Å². The van der Waals surface area contributed by atoms with Crippen molar-refractivity contribution >= 4 is 5.91 Å². The molecule has 14 heavy (non-hydrogen) atoms. The zero-order valence-electron chi connectivity index (χ0n) is 9.58. The summed E-state index contributed by atoms with van der Waals surface area (Å²) in [6.45, 7) is 8.62. The summed E-state index contributed by atoms with van der Waals surface area (Å²) in [7, 11) is 0. The first-order valence-electron chi connectivity index (χ1n) is 5.28. The van der Waals surface area contributed by atoms with Gasteiger partial charge in [0.25, 0.3) is 0 Å². The normalized spacial score (nSPS) is 12.3. The summed E-state index contributed by atoms with van der Waals surface area (Å²) in [6, 6.07) is 2.24. The topological polar surface area (TPSA) is 44.1 Å². The molecule has 3 nitrogen and oxygen atoms in total. The molecule has 0 aromatic rings. The number of nitrogens with zero attached hydrogens (tertiary/aromatic N) is 2. The molecule has 1 atom stereocenters. The van der Waals surface area contributed by atoms with Crippen LogP contribution in [-0.4, -0.2) is 23.4 Å². The molecule has 80 valence electrons. The highest BCUT2D eigenvalue weighted by Crippen LogP contribution is 2.10. The SMILES string of the molecule is CCCN(C(=O)C(C#N)CC)C(C)C. The van der Waals surface area contributed by atoms with Crippen LogP contribution in [0.3, 0.4) is 0 Å². The average molecular weight is 196 g/mol. The van der Waals surface area contributed by atoms with Crippen LogP contribution in [0.1, 0.15) is 40.5 Å². The van der Waals surface area contributed by atoms with Crippen molar-refractivity contribution in [1.82, 2.24) is 4.90 Å². The van der Waals surface area contributed by atoms with Crippen molar-refractivity contribution < 1.29 is 4.79 Å². The van der Waals surface area contributed by atoms with E-state index in [9.17, 15) is 4.79 Å². The van der Waals surface area contributed by atoms with Crippen LogP contribution in [0, 0.1) is 17.2 Å². The van der Waals surface area contributed by atoms with Gasteiger partial charge in [-0.25, -0.2) is 0 Å². The fourth-order valence-electron chi connectivity index (χ4n) is 1.39. The van der Waals surface area contributed by atoms with Gasteiger partial charge in [0.15, 0.2) is 0 Å². The van der Waals surface area contributed by atoms with Gasteiger partial charge in [-0.3, -0.25) is 4.79 Å². The summed E-state index contributed by atoms with van der Waals surface area (Å²) >= 11 is 0. The molecule has 0 spiro atoms. The van der Waals surface area contributed by atoms with Gasteiger partial charge >= 0.3 is 0 Å². The minimum atomic E-state index is -0.469. The Morgan fingerprint density at radius 1 is 1.43 bits per heavy atom. The molecule has 0 saturated carbocycles. The fourth-order valence-corrected chi connectivity index (χ4v) is 1.39. The van der Waals surface area contributed by atoms with Crippen molar-refractivity contribution in [2.45, 2.75) is 46.6 Å². The first kappa shape index (κ1) is 13.0. The quantitative estimate of drug-likeness (QED) is 0.676. The number of hydrogen-bond acceptors (Lipinski definition) is 2. The molecule has 0 heterocycles. The van der Waals surface area contributed by atoms with Crippen molar-refractivity contribution in [2.24, 2.45) is 5.92 Å². The molecule has 0 N–H and O–H groups in total. The van der Waals surface area contributed by atoms with E-state index in [2.05, 4.69) is 6.07 Å². The van der Waals surface area contributed by atoms with Crippen molar-refractivity contribution in [3.8, 4) is 6.07 Å². The molecule has 0 rings (SSSR count). The third kappa shape index (κ3) is 3.37. The van der Waals surface area contributed by atoms with Gasteiger partial charge in [0.2, 0.25) is 5.91 Å². The second-order valence-corrected chi connectivity index (χ2v) is 3.72. The molecule has 1 unspecified atom stereocenters. The summed E-state index contributed by atoms with van der Waals surface area (Å²) in [6.07, 6.45) is 1.54. The highest BCUT2D eigenvalue weighted by atomic mass is 16.2. The van der Waals surface area contributed by atoms with E-state index < -0.39 is 5.92 Å². The maximum Gasteiger partial charge on any atom is 0.240 e. The summed E-state index contributed by atoms with van der Waals surface area (Å²) in [4.78, 5) is 13.6. The smallest absolute Gasteiger partial charge is 0.240 e. The third-order valence-electron chi connectivity index (χ3n) is 2.23. The summed E-state index contributed by atoms with van der Waals surface area (Å²) in [5.41, 5.74) is 0. The van der Waals surface area contributed by atoms with Crippen LogP contribution in [-0.2, 0) is 4.79 Å². The molecular weight excluding hydrogens is 176 g/mol. The standard InChI is InChI=1S/C11H20N2O/c1-5-7-13(9(3)4)11(14)10(6-2)8-12/h9-10H,5-7H2,1-4H3. The maximum atomic E-state index is 11.8. The lowest BCUT2D eigenvalue weighted by Gasteiger charge is -2.27. The minimum Gasteiger partial charge on any atom is -0.339 e. The third-order valence-corrected chi connectivity index (χ3v) is 2.23. The lowest BCUT2D eigenvalue weighted by atomic mass is 10.1. The van der Waals surface area contributed by atoms with E-state index in [0.717, 1.165) is 13.0 Å². The van der Waals surface area contributed by atoms with Gasteiger partial charge in [0.1, 0.15) is 5.92 Å². The van der Waals surface area contributed by atoms with Gasteiger partial charge in [-0.1, -0.05) is 13.8 Å². The van der Waals surface area contributed by atoms with Gasteiger partial charge < -0.3 is 4.90 Å². The Labute approximate surface area is 86.7 Å². The zero-order valence-corrected chi connectivity index (χ0v) is 9.58. The van der Waals surface area contributed by atoms with E-state index >= 15 is 0 Å². The Kier molecular flexibility index (Phi) is 5.94. The van der Waals surface area contributed by atoms with Crippen LogP contribution in [0.15, 0.2) is 0 Å². The number of nitriles is 1. The molecule has 1 amide bonds. The first-order valence-corrected chi connectivity index (χ1v) is 5.28. The minimum absolute atomic E-state index is 0.0214. The fraction of sp³-hybridized carbons (Fsp3) is 0.818. The van der Waals surface area contributed by atoms with Crippen LogP contribution >= 0.6 is 0 Å². The Balaban J connectivity index is 4.51. The van der Waals surface area contributed by atoms with Crippen LogP contribution in [0.5, 0.6) is 0 Å². The molecule has 0 aromatic heterocycles. The molecular formula is C11H20N2O. The van der Waals surface area contributed by atoms with Gasteiger partial charge in [0, 0.05) is 12.6 Å². The van der Waals surface area contributed by atoms with Crippen LogP contribution in [0.4, 0.5) is 0 Å². The molecule has 0 radical (unpaired) electrons. The van der Waals surface area contributed by atoms with E-state index in [1.165, 1.54) is 0 Å². The van der Waals surface area contributed by atoms with Crippen molar-refractivity contribution in [3.05, 3.63) is 0 Å². The van der Waals surface area contributed by atoms with Gasteiger partial charge in [0.05, 0.1) is 6.07 Å². The highest BCUT2D eigenvalue weighted by Gasteiger charge is 2.23. The number of carbonyl (C=O) groups excluding carboxylic acids is 1. The van der Waals surface area contributed by atoms with Crippen molar-refractivity contribution in [3.63, 3.8) is 0 Å². The number of rotatable bonds is 5. The van der Waals surface area contributed by atoms with E-state index in [1.54, 1.807) is 4.90 Å². The molecule has 0 aliphatic heterocycles. The van der Waals surface area contributed by atoms with Gasteiger partial charge in [-0.2, -0.15) is 5.26 Å². The number of hydrogen-bond donors (Lipinski definition) is 0. The molecule has 0 aliphatic carbocycles. The van der Waals surface area contributed by atoms with Crippen molar-refractivity contribution in [2.75, 3.05) is 6.54 Å². The number of carbonyl (C=O) groups is 1. The average Bonchev–Trinajstić information content (AvgIpc) is 2.15. The Bertz CT molecular complexity index is 218. The zero-order chi connectivity index (χ0) is 11.1. The monoisotopic (exact) mass is 196 g/mol. The first-order chi connectivity index (χ1) is 6.58. The van der Waals surface area contributed by atoms with Gasteiger partial charge in [-0.05, 0) is 26.7 Å². The van der Waals surface area contributed by atoms with E-state index in [4.69, 9.17) is 5.26 Å². The lowest BCUT2D eigenvalue weighted by molar-refractivity contribution is -0.135. The molecule has 0 aliphatic rings. The second kappa shape index (κ2) is 6.42. The summed E-state index contributed by atoms with van der Waals surface area (Å²) in [5, 5.41) is 8.80. The Morgan fingerprint density at radius 2 is 2.00 bits per heavy atom. The van der Waals surface area contributed by atoms with Gasteiger partial charge in [-0.15, -0.1) is 0 Å². The van der Waals surface area contributed by atoms with Crippen LogP contribution < -0.4 is 0 Å². The molecule has 3 heteroatoms. The predicted octanol–water partition coefficient (Wildman–Crippen LogP) is 2.18. The van der Waals surface area contributed by atoms with E-state index in [-0.39, 0.29) is 11.9 Å². The summed E-state index contributed by atoms with van der Waals surface area (Å²) < 4.78 is 0. The van der Waals surface area contributed by atoms with E-state index in [1.807, 2.05) is 27.7 Å². The Hall–Kier alpha value is -1.04. The molecule has 0 bridgehead atoms. The molecule has 0 saturated heterocycles. The van der Waals surface area contributed by atoms with Crippen LogP contribution in [0.25, 0.3) is 0 Å². The van der Waals surface area contributed by atoms with Crippen LogP contribution in [0.2, 0.25) is 0 Å².